The second kappa shape index (κ2) is 9.86. The quantitative estimate of drug-likeness (QED) is 0.696. The average Bonchev–Trinajstić information content (AvgIpc) is 2.72. The second-order valence-corrected chi connectivity index (χ2v) is 9.09. The van der Waals surface area contributed by atoms with Gasteiger partial charge in [-0.1, -0.05) is 32.0 Å². The fourth-order valence-corrected chi connectivity index (χ4v) is 4.55. The molecule has 162 valence electrons. The Balaban J connectivity index is 2.22. The Kier molecular flexibility index (Phi) is 7.75. The van der Waals surface area contributed by atoms with Crippen molar-refractivity contribution in [2.45, 2.75) is 32.2 Å². The Bertz CT molecular complexity index is 1030. The molecule has 0 atom stereocenters. The van der Waals surface area contributed by atoms with E-state index in [1.165, 1.54) is 21.3 Å². The minimum Gasteiger partial charge on any atom is -0.348 e. The first kappa shape index (κ1) is 23.6. The highest BCUT2D eigenvalue weighted by Gasteiger charge is 2.23. The molecule has 0 aliphatic carbocycles. The highest BCUT2D eigenvalue weighted by molar-refractivity contribution is 7.89. The van der Waals surface area contributed by atoms with Gasteiger partial charge in [0.15, 0.2) is 0 Å². The van der Waals surface area contributed by atoms with Crippen molar-refractivity contribution in [2.75, 3.05) is 27.2 Å². The Morgan fingerprint density at radius 2 is 1.67 bits per heavy atom. The number of carbonyl (C=O) groups excluding carboxylic acids is 2. The van der Waals surface area contributed by atoms with Gasteiger partial charge < -0.3 is 10.2 Å². The van der Waals surface area contributed by atoms with Crippen molar-refractivity contribution in [3.8, 4) is 0 Å². The van der Waals surface area contributed by atoms with Crippen LogP contribution in [0.4, 0.5) is 0 Å². The standard InChI is InChI=1S/C22H29N3O4S/c1-6-25(7-2)30(28,29)19-12-11-16(3)20(14-19)21(26)23-15-17-9-8-10-18(13-17)22(27)24(4)5/h8-14H,6-7,15H2,1-5H3,(H,23,26). The highest BCUT2D eigenvalue weighted by Crippen LogP contribution is 2.20. The van der Waals surface area contributed by atoms with Crippen molar-refractivity contribution < 1.29 is 18.0 Å². The summed E-state index contributed by atoms with van der Waals surface area (Å²) in [6, 6.07) is 11.6. The zero-order chi connectivity index (χ0) is 22.5. The smallest absolute Gasteiger partial charge is 0.253 e. The molecule has 0 saturated heterocycles. The third kappa shape index (κ3) is 5.25. The lowest BCUT2D eigenvalue weighted by atomic mass is 10.1. The molecule has 0 spiro atoms. The zero-order valence-electron chi connectivity index (χ0n) is 18.1. The average molecular weight is 432 g/mol. The van der Waals surface area contributed by atoms with Crippen LogP contribution < -0.4 is 5.32 Å². The Labute approximate surface area is 178 Å². The van der Waals surface area contributed by atoms with E-state index in [-0.39, 0.29) is 23.3 Å². The minimum atomic E-state index is -3.65. The van der Waals surface area contributed by atoms with Gasteiger partial charge in [0.1, 0.15) is 0 Å². The van der Waals surface area contributed by atoms with E-state index >= 15 is 0 Å². The molecule has 7 nitrogen and oxygen atoms in total. The molecule has 0 aliphatic rings. The molecule has 2 rings (SSSR count). The summed E-state index contributed by atoms with van der Waals surface area (Å²) in [5.41, 5.74) is 2.31. The van der Waals surface area contributed by atoms with Gasteiger partial charge in [-0.05, 0) is 42.3 Å². The maximum absolute atomic E-state index is 12.8. The summed E-state index contributed by atoms with van der Waals surface area (Å²) in [7, 11) is -0.294. The van der Waals surface area contributed by atoms with E-state index in [1.807, 2.05) is 6.07 Å². The fourth-order valence-electron chi connectivity index (χ4n) is 3.07. The molecule has 30 heavy (non-hydrogen) atoms. The third-order valence-electron chi connectivity index (χ3n) is 4.83. The molecule has 0 fully saturated rings. The van der Waals surface area contributed by atoms with E-state index in [0.717, 1.165) is 5.56 Å². The monoisotopic (exact) mass is 431 g/mol. The number of benzene rings is 2. The number of nitrogens with zero attached hydrogens (tertiary/aromatic N) is 2. The van der Waals surface area contributed by atoms with Crippen LogP contribution in [0, 0.1) is 6.92 Å². The van der Waals surface area contributed by atoms with Crippen LogP contribution in [0.3, 0.4) is 0 Å². The van der Waals surface area contributed by atoms with Crippen LogP contribution in [0.5, 0.6) is 0 Å². The van der Waals surface area contributed by atoms with Crippen LogP contribution in [0.15, 0.2) is 47.4 Å². The van der Waals surface area contributed by atoms with Crippen molar-refractivity contribution in [1.29, 1.82) is 0 Å². The lowest BCUT2D eigenvalue weighted by Crippen LogP contribution is -2.31. The number of carbonyl (C=O) groups is 2. The van der Waals surface area contributed by atoms with Crippen LogP contribution in [0.1, 0.15) is 45.7 Å². The normalized spacial score (nSPS) is 11.4. The predicted molar refractivity (Wildman–Crippen MR) is 117 cm³/mol. The first-order chi connectivity index (χ1) is 14.1. The number of hydrogen-bond donors (Lipinski definition) is 1. The molecule has 0 radical (unpaired) electrons. The largest absolute Gasteiger partial charge is 0.348 e. The summed E-state index contributed by atoms with van der Waals surface area (Å²) in [5, 5.41) is 2.82. The SMILES string of the molecule is CCN(CC)S(=O)(=O)c1ccc(C)c(C(=O)NCc2cccc(C(=O)N(C)C)c2)c1. The number of amides is 2. The molecule has 2 aromatic carbocycles. The maximum atomic E-state index is 12.8. The minimum absolute atomic E-state index is 0.0977. The van der Waals surface area contributed by atoms with Gasteiger partial charge >= 0.3 is 0 Å². The topological polar surface area (TPSA) is 86.8 Å². The number of aryl methyl sites for hydroxylation is 1. The van der Waals surface area contributed by atoms with Gasteiger partial charge in [-0.3, -0.25) is 9.59 Å². The van der Waals surface area contributed by atoms with Gasteiger partial charge in [0.2, 0.25) is 10.0 Å². The van der Waals surface area contributed by atoms with E-state index in [0.29, 0.717) is 29.8 Å². The van der Waals surface area contributed by atoms with E-state index in [9.17, 15) is 18.0 Å². The first-order valence-corrected chi connectivity index (χ1v) is 11.2. The molecule has 1 N–H and O–H groups in total. The van der Waals surface area contributed by atoms with Gasteiger partial charge in [-0.2, -0.15) is 4.31 Å². The molecule has 0 bridgehead atoms. The molecule has 2 aromatic rings. The van der Waals surface area contributed by atoms with E-state index < -0.39 is 10.0 Å². The van der Waals surface area contributed by atoms with Crippen LogP contribution in [0.2, 0.25) is 0 Å². The van der Waals surface area contributed by atoms with Gasteiger partial charge in [0, 0.05) is 44.9 Å². The molecule has 0 saturated carbocycles. The molecule has 2 amide bonds. The van der Waals surface area contributed by atoms with Gasteiger partial charge in [-0.15, -0.1) is 0 Å². The number of hydrogen-bond acceptors (Lipinski definition) is 4. The lowest BCUT2D eigenvalue weighted by molar-refractivity contribution is 0.0827. The molecular formula is C22H29N3O4S. The summed E-state index contributed by atoms with van der Waals surface area (Å²) < 4.78 is 26.9. The maximum Gasteiger partial charge on any atom is 0.253 e. The number of sulfonamides is 1. The van der Waals surface area contributed by atoms with E-state index in [1.54, 1.807) is 59.1 Å². The first-order valence-electron chi connectivity index (χ1n) is 9.81. The van der Waals surface area contributed by atoms with Crippen molar-refractivity contribution in [3.05, 3.63) is 64.7 Å². The van der Waals surface area contributed by atoms with Gasteiger partial charge in [0.05, 0.1) is 4.90 Å². The number of rotatable bonds is 8. The van der Waals surface area contributed by atoms with Crippen molar-refractivity contribution in [2.24, 2.45) is 0 Å². The van der Waals surface area contributed by atoms with Crippen molar-refractivity contribution in [1.82, 2.24) is 14.5 Å². The Morgan fingerprint density at radius 3 is 2.27 bits per heavy atom. The van der Waals surface area contributed by atoms with Crippen molar-refractivity contribution in [3.63, 3.8) is 0 Å². The Hall–Kier alpha value is -2.71. The van der Waals surface area contributed by atoms with Crippen molar-refractivity contribution >= 4 is 21.8 Å². The highest BCUT2D eigenvalue weighted by atomic mass is 32.2. The lowest BCUT2D eigenvalue weighted by Gasteiger charge is -2.19. The van der Waals surface area contributed by atoms with E-state index in [2.05, 4.69) is 5.32 Å². The second-order valence-electron chi connectivity index (χ2n) is 7.15. The molecule has 0 aromatic heterocycles. The zero-order valence-corrected chi connectivity index (χ0v) is 18.9. The van der Waals surface area contributed by atoms with Gasteiger partial charge in [-0.25, -0.2) is 8.42 Å². The summed E-state index contributed by atoms with van der Waals surface area (Å²) in [6.45, 7) is 6.25. The Morgan fingerprint density at radius 1 is 1.00 bits per heavy atom. The van der Waals surface area contributed by atoms with Crippen LogP contribution in [-0.2, 0) is 16.6 Å². The summed E-state index contributed by atoms with van der Waals surface area (Å²) in [4.78, 5) is 26.5. The van der Waals surface area contributed by atoms with Gasteiger partial charge in [0.25, 0.3) is 11.8 Å². The summed E-state index contributed by atoms with van der Waals surface area (Å²) in [6.07, 6.45) is 0. The predicted octanol–water partition coefficient (Wildman–Crippen LogP) is 2.66. The molecule has 0 aliphatic heterocycles. The summed E-state index contributed by atoms with van der Waals surface area (Å²) in [5.74, 6) is -0.484. The summed E-state index contributed by atoms with van der Waals surface area (Å²) >= 11 is 0. The molecule has 0 heterocycles. The van der Waals surface area contributed by atoms with Crippen LogP contribution in [-0.4, -0.2) is 56.6 Å². The van der Waals surface area contributed by atoms with E-state index in [4.69, 9.17) is 0 Å². The van der Waals surface area contributed by atoms with Crippen LogP contribution >= 0.6 is 0 Å². The third-order valence-corrected chi connectivity index (χ3v) is 6.88. The molecule has 8 heteroatoms. The van der Waals surface area contributed by atoms with Crippen LogP contribution in [0.25, 0.3) is 0 Å². The molecular weight excluding hydrogens is 402 g/mol. The fraction of sp³-hybridized carbons (Fsp3) is 0.364. The number of nitrogens with one attached hydrogen (secondary N) is 1. The molecule has 0 unspecified atom stereocenters.